The summed E-state index contributed by atoms with van der Waals surface area (Å²) in [5.41, 5.74) is 3.51. The Bertz CT molecular complexity index is 1720. The van der Waals surface area contributed by atoms with Gasteiger partial charge in [-0.25, -0.2) is 29.4 Å². The minimum absolute atomic E-state index is 0.184. The summed E-state index contributed by atoms with van der Waals surface area (Å²) in [6.07, 6.45) is 1.84. The zero-order chi connectivity index (χ0) is 28.9. The number of methoxy groups -OCH3 is 1. The van der Waals surface area contributed by atoms with Crippen LogP contribution in [-0.2, 0) is 12.7 Å². The molecule has 0 spiro atoms. The Kier molecular flexibility index (Phi) is 6.59. The molecule has 41 heavy (non-hydrogen) atoms. The smallest absolute Gasteiger partial charge is 0.434 e. The molecule has 1 saturated carbocycles. The fraction of sp³-hybridized carbons (Fsp3) is 0.357. The SMILES string of the molecule is COc1ncnc(C2CC2)c1-c1nc(NCc2ccc(-c3nc(C(F)(F)F)cn3C(C)C)cc2)c2ncc(C)n2n1. The third kappa shape index (κ3) is 5.07. The van der Waals surface area contributed by atoms with E-state index in [1.54, 1.807) is 30.0 Å². The van der Waals surface area contributed by atoms with Gasteiger partial charge in [-0.05, 0) is 39.2 Å². The van der Waals surface area contributed by atoms with Crippen LogP contribution in [-0.4, -0.2) is 46.2 Å². The van der Waals surface area contributed by atoms with Crippen LogP contribution >= 0.6 is 0 Å². The highest BCUT2D eigenvalue weighted by Crippen LogP contribution is 2.45. The number of aromatic nitrogens is 8. The van der Waals surface area contributed by atoms with E-state index in [0.29, 0.717) is 46.8 Å². The molecule has 0 amide bonds. The standard InChI is InChI=1S/C28H28F3N9O/c1-15(2)39-13-20(28(29,30)31)36-25(39)19-7-5-17(6-8-19)12-32-24-26-33-11-16(3)40(26)38-23(37-24)21-22(18-9-10-18)34-14-35-27(21)41-4/h5-8,11,13-15,18H,9-10,12H2,1-4H3,(H,32,37,38). The first-order valence-corrected chi connectivity index (χ1v) is 13.2. The minimum atomic E-state index is -4.51. The largest absolute Gasteiger partial charge is 0.480 e. The molecule has 1 aliphatic rings. The molecule has 13 heteroatoms. The Balaban J connectivity index is 1.31. The van der Waals surface area contributed by atoms with E-state index in [4.69, 9.17) is 14.8 Å². The number of nitrogens with one attached hydrogen (secondary N) is 1. The molecule has 0 saturated heterocycles. The van der Waals surface area contributed by atoms with Gasteiger partial charge in [0, 0.05) is 30.3 Å². The van der Waals surface area contributed by atoms with E-state index >= 15 is 0 Å². The fourth-order valence-electron chi connectivity index (χ4n) is 4.72. The molecule has 5 aromatic rings. The molecule has 1 aliphatic carbocycles. The zero-order valence-corrected chi connectivity index (χ0v) is 22.9. The number of anilines is 1. The predicted molar refractivity (Wildman–Crippen MR) is 145 cm³/mol. The predicted octanol–water partition coefficient (Wildman–Crippen LogP) is 5.85. The van der Waals surface area contributed by atoms with E-state index in [-0.39, 0.29) is 11.9 Å². The Labute approximate surface area is 233 Å². The lowest BCUT2D eigenvalue weighted by atomic mass is 10.1. The molecule has 0 radical (unpaired) electrons. The van der Waals surface area contributed by atoms with Gasteiger partial charge in [-0.15, -0.1) is 5.10 Å². The van der Waals surface area contributed by atoms with Gasteiger partial charge in [-0.3, -0.25) is 0 Å². The summed E-state index contributed by atoms with van der Waals surface area (Å²) in [6, 6.07) is 7.06. The van der Waals surface area contributed by atoms with Gasteiger partial charge < -0.3 is 14.6 Å². The number of alkyl halides is 3. The molecular weight excluding hydrogens is 535 g/mol. The number of aryl methyl sites for hydroxylation is 1. The Morgan fingerprint density at radius 1 is 1.07 bits per heavy atom. The van der Waals surface area contributed by atoms with Gasteiger partial charge in [0.2, 0.25) is 5.88 Å². The number of halogens is 3. The quantitative estimate of drug-likeness (QED) is 0.251. The van der Waals surface area contributed by atoms with E-state index in [1.807, 2.05) is 32.9 Å². The Morgan fingerprint density at radius 3 is 2.49 bits per heavy atom. The molecule has 1 N–H and O–H groups in total. The molecule has 4 aromatic heterocycles. The molecule has 1 aromatic carbocycles. The number of nitrogens with zero attached hydrogens (tertiary/aromatic N) is 8. The van der Waals surface area contributed by atoms with Gasteiger partial charge in [0.25, 0.3) is 0 Å². The molecule has 1 fully saturated rings. The number of benzene rings is 1. The van der Waals surface area contributed by atoms with Crippen molar-refractivity contribution in [2.45, 2.75) is 58.3 Å². The Morgan fingerprint density at radius 2 is 1.83 bits per heavy atom. The average Bonchev–Trinajstić information content (AvgIpc) is 3.58. The van der Waals surface area contributed by atoms with Crippen molar-refractivity contribution < 1.29 is 17.9 Å². The van der Waals surface area contributed by atoms with Crippen molar-refractivity contribution in [3.05, 3.63) is 65.6 Å². The normalized spacial score (nSPS) is 13.8. The summed E-state index contributed by atoms with van der Waals surface area (Å²) in [6.45, 7) is 5.94. The van der Waals surface area contributed by atoms with Crippen molar-refractivity contribution in [1.82, 2.24) is 39.1 Å². The van der Waals surface area contributed by atoms with E-state index < -0.39 is 11.9 Å². The maximum Gasteiger partial charge on any atom is 0.434 e. The van der Waals surface area contributed by atoms with Crippen molar-refractivity contribution in [3.63, 3.8) is 0 Å². The van der Waals surface area contributed by atoms with Crippen molar-refractivity contribution >= 4 is 11.5 Å². The minimum Gasteiger partial charge on any atom is -0.480 e. The van der Waals surface area contributed by atoms with Crippen LogP contribution in [0.3, 0.4) is 0 Å². The molecule has 0 unspecified atom stereocenters. The number of rotatable bonds is 8. The second kappa shape index (κ2) is 10.1. The third-order valence-electron chi connectivity index (χ3n) is 7.01. The molecule has 0 aliphatic heterocycles. The fourth-order valence-corrected chi connectivity index (χ4v) is 4.72. The maximum atomic E-state index is 13.3. The maximum absolute atomic E-state index is 13.3. The van der Waals surface area contributed by atoms with Crippen LogP contribution in [0.15, 0.2) is 43.0 Å². The van der Waals surface area contributed by atoms with Crippen LogP contribution < -0.4 is 10.1 Å². The van der Waals surface area contributed by atoms with Crippen LogP contribution in [0.4, 0.5) is 19.0 Å². The molecule has 6 rings (SSSR count). The van der Waals surface area contributed by atoms with Crippen molar-refractivity contribution in [3.8, 4) is 28.7 Å². The van der Waals surface area contributed by atoms with E-state index in [1.165, 1.54) is 10.9 Å². The van der Waals surface area contributed by atoms with Crippen LogP contribution in [0, 0.1) is 6.92 Å². The molecule has 0 bridgehead atoms. The summed E-state index contributed by atoms with van der Waals surface area (Å²) < 4.78 is 48.8. The zero-order valence-electron chi connectivity index (χ0n) is 22.9. The molecule has 212 valence electrons. The summed E-state index contributed by atoms with van der Waals surface area (Å²) in [7, 11) is 1.56. The lowest BCUT2D eigenvalue weighted by Gasteiger charge is -2.14. The number of hydrogen-bond acceptors (Lipinski definition) is 8. The van der Waals surface area contributed by atoms with Gasteiger partial charge in [-0.2, -0.15) is 13.2 Å². The molecule has 4 heterocycles. The van der Waals surface area contributed by atoms with Gasteiger partial charge in [0.05, 0.1) is 24.7 Å². The summed E-state index contributed by atoms with van der Waals surface area (Å²) in [5.74, 6) is 1.95. The van der Waals surface area contributed by atoms with Crippen LogP contribution in [0.1, 0.15) is 61.3 Å². The first kappa shape index (κ1) is 26.7. The first-order chi connectivity index (χ1) is 19.6. The number of fused-ring (bicyclic) bond motifs is 1. The highest BCUT2D eigenvalue weighted by Gasteiger charge is 2.35. The lowest BCUT2D eigenvalue weighted by molar-refractivity contribution is -0.140. The summed E-state index contributed by atoms with van der Waals surface area (Å²) in [4.78, 5) is 22.0. The van der Waals surface area contributed by atoms with E-state index in [0.717, 1.165) is 36.0 Å². The van der Waals surface area contributed by atoms with Crippen LogP contribution in [0.5, 0.6) is 5.88 Å². The van der Waals surface area contributed by atoms with Crippen molar-refractivity contribution in [1.29, 1.82) is 0 Å². The third-order valence-corrected chi connectivity index (χ3v) is 7.01. The molecule has 0 atom stereocenters. The van der Waals surface area contributed by atoms with Gasteiger partial charge in [0.15, 0.2) is 23.0 Å². The first-order valence-electron chi connectivity index (χ1n) is 13.2. The molecule has 10 nitrogen and oxygen atoms in total. The van der Waals surface area contributed by atoms with E-state index in [9.17, 15) is 13.2 Å². The van der Waals surface area contributed by atoms with Crippen LogP contribution in [0.2, 0.25) is 0 Å². The highest BCUT2D eigenvalue weighted by atomic mass is 19.4. The second-order valence-corrected chi connectivity index (χ2v) is 10.3. The lowest BCUT2D eigenvalue weighted by Crippen LogP contribution is -2.10. The van der Waals surface area contributed by atoms with Gasteiger partial charge >= 0.3 is 6.18 Å². The number of imidazole rings is 2. The average molecular weight is 564 g/mol. The topological polar surface area (TPSA) is 108 Å². The van der Waals surface area contributed by atoms with Gasteiger partial charge in [-0.1, -0.05) is 24.3 Å². The van der Waals surface area contributed by atoms with Crippen molar-refractivity contribution in [2.75, 3.05) is 12.4 Å². The highest BCUT2D eigenvalue weighted by molar-refractivity contribution is 5.71. The monoisotopic (exact) mass is 563 g/mol. The van der Waals surface area contributed by atoms with E-state index in [2.05, 4.69) is 25.3 Å². The summed E-state index contributed by atoms with van der Waals surface area (Å²) >= 11 is 0. The molecular formula is C28H28F3N9O. The number of ether oxygens (including phenoxy) is 1. The number of hydrogen-bond donors (Lipinski definition) is 1. The Hall–Kier alpha value is -4.55. The van der Waals surface area contributed by atoms with Crippen LogP contribution in [0.25, 0.3) is 28.4 Å². The van der Waals surface area contributed by atoms with Crippen molar-refractivity contribution in [2.24, 2.45) is 0 Å². The summed E-state index contributed by atoms with van der Waals surface area (Å²) in [5, 5.41) is 8.10. The second-order valence-electron chi connectivity index (χ2n) is 10.3. The van der Waals surface area contributed by atoms with Gasteiger partial charge in [0.1, 0.15) is 17.7 Å².